The van der Waals surface area contributed by atoms with Crippen LogP contribution in [0.1, 0.15) is 12.8 Å². The highest BCUT2D eigenvalue weighted by Gasteiger charge is 2.56. The molecule has 4 aromatic rings. The lowest BCUT2D eigenvalue weighted by Gasteiger charge is -2.27. The van der Waals surface area contributed by atoms with E-state index in [9.17, 15) is 9.59 Å². The van der Waals surface area contributed by atoms with Crippen LogP contribution in [-0.2, 0) is 16.1 Å². The maximum absolute atomic E-state index is 13.6. The van der Waals surface area contributed by atoms with Gasteiger partial charge in [-0.15, -0.1) is 0 Å². The molecule has 5 heterocycles. The highest BCUT2D eigenvalue weighted by atomic mass is 79.9. The Bertz CT molecular complexity index is 1440. The molecule has 2 amide bonds. The van der Waals surface area contributed by atoms with Gasteiger partial charge in [0.05, 0.1) is 10.9 Å². The molecule has 3 N–H and O–H groups in total. The zero-order valence-corrected chi connectivity index (χ0v) is 18.9. The second-order valence-electron chi connectivity index (χ2n) is 8.37. The number of carbonyl (C=O) groups excluding carboxylic acids is 2. The Balaban J connectivity index is 1.31. The Kier molecular flexibility index (Phi) is 4.54. The van der Waals surface area contributed by atoms with Crippen molar-refractivity contribution in [2.45, 2.75) is 31.5 Å². The van der Waals surface area contributed by atoms with Crippen LogP contribution in [-0.4, -0.2) is 53.3 Å². The van der Waals surface area contributed by atoms with Crippen molar-refractivity contribution in [3.05, 3.63) is 47.5 Å². The first-order valence-electron chi connectivity index (χ1n) is 10.6. The summed E-state index contributed by atoms with van der Waals surface area (Å²) in [6.45, 7) is 0.0320. The maximum atomic E-state index is 13.6. The van der Waals surface area contributed by atoms with Gasteiger partial charge in [0, 0.05) is 12.2 Å². The number of pyridine rings is 2. The molecule has 33 heavy (non-hydrogen) atoms. The first kappa shape index (κ1) is 20.0. The molecule has 4 aromatic heterocycles. The summed E-state index contributed by atoms with van der Waals surface area (Å²) in [5, 5.41) is 3.47. The molecule has 0 spiro atoms. The van der Waals surface area contributed by atoms with Gasteiger partial charge in [-0.1, -0.05) is 6.07 Å². The molecular weight excluding hydrogens is 488 g/mol. The number of halogens is 1. The number of likely N-dealkylation sites (tertiary alicyclic amines) is 1. The van der Waals surface area contributed by atoms with Crippen molar-refractivity contribution in [1.82, 2.24) is 29.4 Å². The average Bonchev–Trinajstić information content (AvgIpc) is 3.34. The van der Waals surface area contributed by atoms with Crippen LogP contribution in [0.2, 0.25) is 0 Å². The molecule has 10 nitrogen and oxygen atoms in total. The van der Waals surface area contributed by atoms with Gasteiger partial charge in [0.1, 0.15) is 46.3 Å². The first-order chi connectivity index (χ1) is 16.0. The second-order valence-corrected chi connectivity index (χ2v) is 9.18. The van der Waals surface area contributed by atoms with E-state index in [1.165, 1.54) is 6.33 Å². The number of hydrogen-bond acceptors (Lipinski definition) is 7. The van der Waals surface area contributed by atoms with E-state index in [0.717, 1.165) is 11.9 Å². The summed E-state index contributed by atoms with van der Waals surface area (Å²) in [6.07, 6.45) is 4.63. The standard InChI is InChI=1S/C22H19BrN8O2/c23-15-4-1-5-16(28-15)29-22(33)14-8-11-7-13(11)31(14)17(32)9-30-12-3-2-6-25-19(12)18-20(24)26-10-27-21(18)30/h1-6,10-11,13-14H,7-9H2,(H2,24,26,27)(H,28,29,33)/t11-,13-,14+/m1/s1. The van der Waals surface area contributed by atoms with Gasteiger partial charge < -0.3 is 20.5 Å². The van der Waals surface area contributed by atoms with Crippen LogP contribution in [0.5, 0.6) is 0 Å². The molecule has 1 aliphatic heterocycles. The predicted molar refractivity (Wildman–Crippen MR) is 125 cm³/mol. The molecule has 1 saturated heterocycles. The van der Waals surface area contributed by atoms with Crippen LogP contribution in [0.25, 0.3) is 22.1 Å². The molecule has 166 valence electrons. The Hall–Kier alpha value is -3.60. The lowest BCUT2D eigenvalue weighted by molar-refractivity contribution is -0.138. The number of fused-ring (bicyclic) bond motifs is 4. The highest BCUT2D eigenvalue weighted by Crippen LogP contribution is 2.48. The van der Waals surface area contributed by atoms with Crippen LogP contribution < -0.4 is 11.1 Å². The summed E-state index contributed by atoms with van der Waals surface area (Å²) in [5.74, 6) is 0.761. The fraction of sp³-hybridized carbons (Fsp3) is 0.273. The molecule has 0 unspecified atom stereocenters. The summed E-state index contributed by atoms with van der Waals surface area (Å²) in [6, 6.07) is 8.55. The van der Waals surface area contributed by atoms with Gasteiger partial charge in [-0.25, -0.2) is 15.0 Å². The molecule has 1 saturated carbocycles. The molecule has 0 bridgehead atoms. The summed E-state index contributed by atoms with van der Waals surface area (Å²) < 4.78 is 2.43. The molecule has 6 rings (SSSR count). The Morgan fingerprint density at radius 3 is 2.88 bits per heavy atom. The SMILES string of the molecule is Nc1ncnc2c1c1ncccc1n2CC(=O)N1[C@@H]2C[C@@H]2C[C@H]1C(=O)Nc1cccc(Br)n1. The first-order valence-corrected chi connectivity index (χ1v) is 11.4. The van der Waals surface area contributed by atoms with Crippen molar-refractivity contribution in [2.24, 2.45) is 5.92 Å². The fourth-order valence-electron chi connectivity index (χ4n) is 4.86. The van der Waals surface area contributed by atoms with Crippen molar-refractivity contribution >= 4 is 61.4 Å². The zero-order valence-electron chi connectivity index (χ0n) is 17.3. The van der Waals surface area contributed by atoms with Gasteiger partial charge in [0.2, 0.25) is 11.8 Å². The number of nitrogens with zero attached hydrogens (tertiary/aromatic N) is 6. The van der Waals surface area contributed by atoms with E-state index in [2.05, 4.69) is 41.2 Å². The van der Waals surface area contributed by atoms with Gasteiger partial charge in [-0.2, -0.15) is 0 Å². The van der Waals surface area contributed by atoms with Gasteiger partial charge in [-0.3, -0.25) is 14.6 Å². The van der Waals surface area contributed by atoms with Crippen molar-refractivity contribution in [3.63, 3.8) is 0 Å². The molecular formula is C22H19BrN8O2. The summed E-state index contributed by atoms with van der Waals surface area (Å²) in [4.78, 5) is 45.5. The fourth-order valence-corrected chi connectivity index (χ4v) is 5.20. The van der Waals surface area contributed by atoms with Crippen molar-refractivity contribution in [1.29, 1.82) is 0 Å². The molecule has 0 aromatic carbocycles. The van der Waals surface area contributed by atoms with Crippen molar-refractivity contribution < 1.29 is 9.59 Å². The van der Waals surface area contributed by atoms with E-state index in [1.807, 2.05) is 6.07 Å². The van der Waals surface area contributed by atoms with Gasteiger partial charge >= 0.3 is 0 Å². The summed E-state index contributed by atoms with van der Waals surface area (Å²) in [7, 11) is 0. The van der Waals surface area contributed by atoms with E-state index in [-0.39, 0.29) is 24.4 Å². The van der Waals surface area contributed by atoms with Crippen LogP contribution in [0.3, 0.4) is 0 Å². The average molecular weight is 507 g/mol. The number of rotatable bonds is 4. The van der Waals surface area contributed by atoms with Gasteiger partial charge in [-0.05, 0) is 59.0 Å². The molecule has 0 radical (unpaired) electrons. The van der Waals surface area contributed by atoms with Gasteiger partial charge in [0.15, 0.2) is 0 Å². The highest BCUT2D eigenvalue weighted by molar-refractivity contribution is 9.10. The minimum atomic E-state index is -0.534. The molecule has 11 heteroatoms. The van der Waals surface area contributed by atoms with E-state index >= 15 is 0 Å². The van der Waals surface area contributed by atoms with Crippen LogP contribution in [0.4, 0.5) is 11.6 Å². The minimum absolute atomic E-state index is 0.0320. The van der Waals surface area contributed by atoms with E-state index in [4.69, 9.17) is 5.73 Å². The normalized spacial score (nSPS) is 21.4. The van der Waals surface area contributed by atoms with E-state index in [1.54, 1.807) is 39.9 Å². The lowest BCUT2D eigenvalue weighted by Crippen LogP contribution is -2.46. The maximum Gasteiger partial charge on any atom is 0.248 e. The van der Waals surface area contributed by atoms with Crippen molar-refractivity contribution in [3.8, 4) is 0 Å². The largest absolute Gasteiger partial charge is 0.383 e. The van der Waals surface area contributed by atoms with Crippen molar-refractivity contribution in [2.75, 3.05) is 11.1 Å². The topological polar surface area (TPSA) is 132 Å². The summed E-state index contributed by atoms with van der Waals surface area (Å²) >= 11 is 3.31. The zero-order chi connectivity index (χ0) is 22.7. The summed E-state index contributed by atoms with van der Waals surface area (Å²) in [5.41, 5.74) is 8.05. The van der Waals surface area contributed by atoms with E-state index < -0.39 is 6.04 Å². The monoisotopic (exact) mass is 506 g/mol. The van der Waals surface area contributed by atoms with Gasteiger partial charge in [0.25, 0.3) is 0 Å². The number of anilines is 2. The number of hydrogen-bond donors (Lipinski definition) is 2. The number of nitrogens with one attached hydrogen (secondary N) is 1. The smallest absolute Gasteiger partial charge is 0.248 e. The Labute approximate surface area is 196 Å². The van der Waals surface area contributed by atoms with Crippen LogP contribution >= 0.6 is 15.9 Å². The number of carbonyl (C=O) groups is 2. The molecule has 3 atom stereocenters. The molecule has 1 aliphatic carbocycles. The third kappa shape index (κ3) is 3.30. The number of nitrogens with two attached hydrogens (primary N) is 1. The van der Waals surface area contributed by atoms with Crippen LogP contribution in [0, 0.1) is 5.92 Å². The predicted octanol–water partition coefficient (Wildman–Crippen LogP) is 2.35. The molecule has 2 aliphatic rings. The minimum Gasteiger partial charge on any atom is -0.383 e. The quantitative estimate of drug-likeness (QED) is 0.406. The Morgan fingerprint density at radius 2 is 2.03 bits per heavy atom. The lowest BCUT2D eigenvalue weighted by atomic mass is 10.1. The number of nitrogen functional groups attached to an aromatic ring is 1. The third-order valence-corrected chi connectivity index (χ3v) is 6.82. The van der Waals surface area contributed by atoms with Crippen LogP contribution in [0.15, 0.2) is 47.5 Å². The third-order valence-electron chi connectivity index (χ3n) is 6.38. The number of piperidine rings is 1. The second kappa shape index (κ2) is 7.48. The number of aromatic nitrogens is 5. The number of amides is 2. The van der Waals surface area contributed by atoms with E-state index in [0.29, 0.717) is 45.1 Å². The molecule has 2 fully saturated rings. The Morgan fingerprint density at radius 1 is 1.15 bits per heavy atom.